The van der Waals surface area contributed by atoms with Gasteiger partial charge in [0, 0.05) is 13.0 Å². The van der Waals surface area contributed by atoms with Crippen LogP contribution in [0.15, 0.2) is 5.10 Å². The minimum atomic E-state index is -0.582. The van der Waals surface area contributed by atoms with Gasteiger partial charge in [0.2, 0.25) is 0 Å². The highest BCUT2D eigenvalue weighted by Crippen LogP contribution is 2.30. The van der Waals surface area contributed by atoms with Gasteiger partial charge in [-0.3, -0.25) is 4.90 Å². The number of hydrogen-bond donors (Lipinski definition) is 2. The van der Waals surface area contributed by atoms with Gasteiger partial charge in [0.15, 0.2) is 0 Å². The Morgan fingerprint density at radius 3 is 3.14 bits per heavy atom. The van der Waals surface area contributed by atoms with E-state index in [-0.39, 0.29) is 0 Å². The largest absolute Gasteiger partial charge is 0.350 e. The number of urea groups is 1. The summed E-state index contributed by atoms with van der Waals surface area (Å²) in [6, 6.07) is -0.150. The molecule has 2 saturated heterocycles. The Hall–Kier alpha value is -1.10. The number of hydrazone groups is 1. The van der Waals surface area contributed by atoms with E-state index in [1.165, 1.54) is 6.42 Å². The summed E-state index contributed by atoms with van der Waals surface area (Å²) in [7, 11) is 0. The highest BCUT2D eigenvalue weighted by Gasteiger charge is 2.39. The summed E-state index contributed by atoms with van der Waals surface area (Å²) in [4.78, 5) is 12.9. The van der Waals surface area contributed by atoms with Crippen molar-refractivity contribution in [2.75, 3.05) is 13.1 Å². The molecule has 2 amide bonds. The van der Waals surface area contributed by atoms with Gasteiger partial charge in [0.05, 0.1) is 11.8 Å². The SMILES string of the molecule is CC1CCN2CC/C(=N\NC(N)=O)C12. The zero-order valence-electron chi connectivity index (χ0n) is 8.36. The first-order chi connectivity index (χ1) is 6.68. The number of nitrogens with one attached hydrogen (secondary N) is 1. The highest BCUT2D eigenvalue weighted by atomic mass is 16.2. The number of nitrogens with two attached hydrogens (primary N) is 1. The molecule has 2 unspecified atom stereocenters. The van der Waals surface area contributed by atoms with Crippen molar-refractivity contribution in [3.63, 3.8) is 0 Å². The van der Waals surface area contributed by atoms with Gasteiger partial charge in [-0.1, -0.05) is 6.92 Å². The Labute approximate surface area is 83.3 Å². The van der Waals surface area contributed by atoms with E-state index in [0.717, 1.165) is 25.2 Å². The van der Waals surface area contributed by atoms with Crippen molar-refractivity contribution in [3.05, 3.63) is 0 Å². The van der Waals surface area contributed by atoms with Crippen molar-refractivity contribution >= 4 is 11.7 Å². The van der Waals surface area contributed by atoms with E-state index in [9.17, 15) is 4.79 Å². The molecule has 2 fully saturated rings. The van der Waals surface area contributed by atoms with Crippen LogP contribution < -0.4 is 11.2 Å². The van der Waals surface area contributed by atoms with Crippen LogP contribution in [0.1, 0.15) is 19.8 Å². The minimum absolute atomic E-state index is 0.432. The Morgan fingerprint density at radius 1 is 1.64 bits per heavy atom. The van der Waals surface area contributed by atoms with Crippen molar-refractivity contribution in [3.8, 4) is 0 Å². The molecule has 2 aliphatic rings. The van der Waals surface area contributed by atoms with E-state index in [0.29, 0.717) is 12.0 Å². The van der Waals surface area contributed by atoms with Gasteiger partial charge in [0.25, 0.3) is 0 Å². The molecule has 14 heavy (non-hydrogen) atoms. The molecule has 0 aromatic carbocycles. The number of carbonyl (C=O) groups is 1. The summed E-state index contributed by atoms with van der Waals surface area (Å²) in [6.07, 6.45) is 2.18. The second kappa shape index (κ2) is 3.57. The Bertz CT molecular complexity index is 276. The lowest BCUT2D eigenvalue weighted by atomic mass is 9.99. The van der Waals surface area contributed by atoms with Crippen LogP contribution in [0.2, 0.25) is 0 Å². The lowest BCUT2D eigenvalue weighted by Crippen LogP contribution is -2.33. The maximum absolute atomic E-state index is 10.5. The molecule has 5 nitrogen and oxygen atoms in total. The number of amides is 2. The molecule has 3 N–H and O–H groups in total. The van der Waals surface area contributed by atoms with E-state index in [1.54, 1.807) is 0 Å². The summed E-state index contributed by atoms with van der Waals surface area (Å²) >= 11 is 0. The molecular formula is C9H16N4O. The quantitative estimate of drug-likeness (QED) is 0.585. The lowest BCUT2D eigenvalue weighted by Gasteiger charge is -2.17. The van der Waals surface area contributed by atoms with Crippen LogP contribution in [0.5, 0.6) is 0 Å². The number of nitrogens with zero attached hydrogens (tertiary/aromatic N) is 2. The second-order valence-corrected chi connectivity index (χ2v) is 4.08. The van der Waals surface area contributed by atoms with Gasteiger partial charge in [-0.05, 0) is 18.9 Å². The average molecular weight is 196 g/mol. The van der Waals surface area contributed by atoms with E-state index in [4.69, 9.17) is 5.73 Å². The van der Waals surface area contributed by atoms with Crippen molar-refractivity contribution in [2.24, 2.45) is 16.8 Å². The number of primary amides is 1. The summed E-state index contributed by atoms with van der Waals surface area (Å²) < 4.78 is 0. The van der Waals surface area contributed by atoms with Crippen molar-refractivity contribution in [1.82, 2.24) is 10.3 Å². The monoisotopic (exact) mass is 196 g/mol. The van der Waals surface area contributed by atoms with Gasteiger partial charge in [-0.2, -0.15) is 5.10 Å². The first-order valence-electron chi connectivity index (χ1n) is 5.04. The van der Waals surface area contributed by atoms with E-state index >= 15 is 0 Å². The molecule has 5 heteroatoms. The van der Waals surface area contributed by atoms with Gasteiger partial charge in [-0.15, -0.1) is 0 Å². The third-order valence-electron chi connectivity index (χ3n) is 3.11. The van der Waals surface area contributed by atoms with Gasteiger partial charge in [0.1, 0.15) is 0 Å². The fraction of sp³-hybridized carbons (Fsp3) is 0.778. The summed E-state index contributed by atoms with van der Waals surface area (Å²) in [5.41, 5.74) is 8.37. The molecule has 0 aliphatic carbocycles. The fourth-order valence-electron chi connectivity index (χ4n) is 2.47. The molecule has 0 radical (unpaired) electrons. The maximum Gasteiger partial charge on any atom is 0.332 e. The van der Waals surface area contributed by atoms with Crippen LogP contribution in [0.25, 0.3) is 0 Å². The summed E-state index contributed by atoms with van der Waals surface area (Å²) in [5.74, 6) is 0.644. The molecule has 0 bridgehead atoms. The maximum atomic E-state index is 10.5. The summed E-state index contributed by atoms with van der Waals surface area (Å²) in [6.45, 7) is 4.45. The smallest absolute Gasteiger partial charge is 0.332 e. The topological polar surface area (TPSA) is 70.7 Å². The summed E-state index contributed by atoms with van der Waals surface area (Å²) in [5, 5.41) is 4.07. The Kier molecular flexibility index (Phi) is 2.41. The first-order valence-corrected chi connectivity index (χ1v) is 5.04. The molecule has 78 valence electrons. The molecule has 2 heterocycles. The lowest BCUT2D eigenvalue weighted by molar-refractivity contribution is 0.249. The molecule has 2 atom stereocenters. The molecular weight excluding hydrogens is 180 g/mol. The Balaban J connectivity index is 2.06. The first kappa shape index (κ1) is 9.45. The van der Waals surface area contributed by atoms with Crippen LogP contribution in [-0.4, -0.2) is 35.8 Å². The van der Waals surface area contributed by atoms with Crippen LogP contribution in [0.4, 0.5) is 4.79 Å². The highest BCUT2D eigenvalue weighted by molar-refractivity contribution is 5.92. The van der Waals surface area contributed by atoms with Gasteiger partial charge >= 0.3 is 6.03 Å². The predicted octanol–water partition coefficient (Wildman–Crippen LogP) is 0.125. The molecule has 0 aromatic heterocycles. The third kappa shape index (κ3) is 1.59. The third-order valence-corrected chi connectivity index (χ3v) is 3.11. The average Bonchev–Trinajstić information content (AvgIpc) is 2.66. The number of carbonyl (C=O) groups excluding carboxylic acids is 1. The van der Waals surface area contributed by atoms with Crippen LogP contribution in [-0.2, 0) is 0 Å². The zero-order chi connectivity index (χ0) is 10.1. The minimum Gasteiger partial charge on any atom is -0.350 e. The molecule has 0 saturated carbocycles. The van der Waals surface area contributed by atoms with Crippen molar-refractivity contribution in [2.45, 2.75) is 25.8 Å². The van der Waals surface area contributed by atoms with Crippen LogP contribution >= 0.6 is 0 Å². The normalized spacial score (nSPS) is 34.8. The van der Waals surface area contributed by atoms with Crippen LogP contribution in [0, 0.1) is 5.92 Å². The number of hydrogen-bond acceptors (Lipinski definition) is 3. The molecule has 0 aromatic rings. The number of rotatable bonds is 1. The van der Waals surface area contributed by atoms with E-state index in [1.807, 2.05) is 0 Å². The van der Waals surface area contributed by atoms with E-state index in [2.05, 4.69) is 22.4 Å². The van der Waals surface area contributed by atoms with Gasteiger partial charge < -0.3 is 5.73 Å². The standard InChI is InChI=1S/C9H16N4O/c1-6-2-4-13-5-3-7(8(6)13)11-12-9(10)14/h6,8H,2-5H2,1H3,(H3,10,12,14)/b11-7+. The predicted molar refractivity (Wildman–Crippen MR) is 53.9 cm³/mol. The number of fused-ring (bicyclic) bond motifs is 1. The Morgan fingerprint density at radius 2 is 2.43 bits per heavy atom. The van der Waals surface area contributed by atoms with Crippen molar-refractivity contribution in [1.29, 1.82) is 0 Å². The van der Waals surface area contributed by atoms with Gasteiger partial charge in [-0.25, -0.2) is 10.2 Å². The second-order valence-electron chi connectivity index (χ2n) is 4.08. The van der Waals surface area contributed by atoms with Crippen LogP contribution in [0.3, 0.4) is 0 Å². The molecule has 0 spiro atoms. The zero-order valence-corrected chi connectivity index (χ0v) is 8.36. The fourth-order valence-corrected chi connectivity index (χ4v) is 2.47. The van der Waals surface area contributed by atoms with Crippen molar-refractivity contribution < 1.29 is 4.79 Å². The molecule has 2 rings (SSSR count). The van der Waals surface area contributed by atoms with E-state index < -0.39 is 6.03 Å². The molecule has 2 aliphatic heterocycles.